The second-order valence-corrected chi connectivity index (χ2v) is 4.14. The molecule has 18 heavy (non-hydrogen) atoms. The first-order chi connectivity index (χ1) is 8.47. The van der Waals surface area contributed by atoms with Gasteiger partial charge in [-0.25, -0.2) is 14.4 Å². The minimum Gasteiger partial charge on any atom is -0.368 e. The molecule has 0 atom stereocenters. The standard InChI is InChI=1S/C8H7FN6O2S/c1-15-8(12-4(16)5(17)14-15)18-6-3(9)2-11-7(10)13-6/h2H,1H3,(H,14,17)(H2,10,11,13). The lowest BCUT2D eigenvalue weighted by atomic mass is 10.6. The van der Waals surface area contributed by atoms with Crippen LogP contribution >= 0.6 is 11.8 Å². The third kappa shape index (κ3) is 2.37. The lowest BCUT2D eigenvalue weighted by Gasteiger charge is -2.05. The predicted molar refractivity (Wildman–Crippen MR) is 60.6 cm³/mol. The number of nitrogens with one attached hydrogen (secondary N) is 1. The lowest BCUT2D eigenvalue weighted by molar-refractivity contribution is 0.573. The first-order valence-corrected chi connectivity index (χ1v) is 5.42. The number of anilines is 1. The van der Waals surface area contributed by atoms with Gasteiger partial charge in [0.2, 0.25) is 5.95 Å². The molecule has 0 aliphatic heterocycles. The second kappa shape index (κ2) is 4.56. The van der Waals surface area contributed by atoms with E-state index in [2.05, 4.69) is 20.1 Å². The van der Waals surface area contributed by atoms with Crippen LogP contribution in [0.25, 0.3) is 0 Å². The Morgan fingerprint density at radius 2 is 2.17 bits per heavy atom. The molecule has 0 radical (unpaired) electrons. The minimum atomic E-state index is -0.960. The molecular formula is C8H7FN6O2S. The molecule has 0 saturated heterocycles. The summed E-state index contributed by atoms with van der Waals surface area (Å²) in [5.74, 6) is -0.803. The van der Waals surface area contributed by atoms with Crippen LogP contribution in [0.2, 0.25) is 0 Å². The summed E-state index contributed by atoms with van der Waals surface area (Å²) >= 11 is 0.753. The van der Waals surface area contributed by atoms with Gasteiger partial charge >= 0.3 is 11.1 Å². The van der Waals surface area contributed by atoms with Gasteiger partial charge in [-0.2, -0.15) is 4.98 Å². The van der Waals surface area contributed by atoms with Crippen LogP contribution in [0.1, 0.15) is 0 Å². The zero-order chi connectivity index (χ0) is 13.3. The van der Waals surface area contributed by atoms with Crippen molar-refractivity contribution >= 4 is 17.7 Å². The number of hydrogen-bond acceptors (Lipinski definition) is 7. The maximum atomic E-state index is 13.4. The van der Waals surface area contributed by atoms with Crippen molar-refractivity contribution in [2.45, 2.75) is 10.2 Å². The number of nitrogens with two attached hydrogens (primary N) is 1. The van der Waals surface area contributed by atoms with Crippen molar-refractivity contribution < 1.29 is 4.39 Å². The summed E-state index contributed by atoms with van der Waals surface area (Å²) in [6.45, 7) is 0. The summed E-state index contributed by atoms with van der Waals surface area (Å²) in [7, 11) is 1.46. The molecule has 2 aromatic rings. The fourth-order valence-corrected chi connectivity index (χ4v) is 1.85. The van der Waals surface area contributed by atoms with E-state index in [0.717, 1.165) is 18.0 Å². The van der Waals surface area contributed by atoms with E-state index in [-0.39, 0.29) is 16.1 Å². The Kier molecular flexibility index (Phi) is 3.10. The molecule has 2 aromatic heterocycles. The molecule has 3 N–H and O–H groups in total. The van der Waals surface area contributed by atoms with Crippen LogP contribution in [0.5, 0.6) is 0 Å². The summed E-state index contributed by atoms with van der Waals surface area (Å²) in [5, 5.41) is 2.22. The Morgan fingerprint density at radius 3 is 2.89 bits per heavy atom. The van der Waals surface area contributed by atoms with Crippen molar-refractivity contribution in [2.24, 2.45) is 7.05 Å². The van der Waals surface area contributed by atoms with E-state index in [1.165, 1.54) is 11.7 Å². The molecule has 0 amide bonds. The van der Waals surface area contributed by atoms with Crippen molar-refractivity contribution in [2.75, 3.05) is 5.73 Å². The zero-order valence-electron chi connectivity index (χ0n) is 9.05. The molecule has 2 heterocycles. The van der Waals surface area contributed by atoms with Crippen molar-refractivity contribution in [1.29, 1.82) is 0 Å². The van der Waals surface area contributed by atoms with Crippen LogP contribution in [0.3, 0.4) is 0 Å². The molecule has 10 heteroatoms. The number of rotatable bonds is 2. The van der Waals surface area contributed by atoms with Crippen LogP contribution in [0.15, 0.2) is 26.0 Å². The molecular weight excluding hydrogens is 263 g/mol. The Balaban J connectivity index is 2.46. The molecule has 0 unspecified atom stereocenters. The van der Waals surface area contributed by atoms with Gasteiger partial charge in [0.25, 0.3) is 0 Å². The van der Waals surface area contributed by atoms with E-state index in [0.29, 0.717) is 0 Å². The molecule has 0 aromatic carbocycles. The molecule has 0 saturated carbocycles. The molecule has 0 spiro atoms. The van der Waals surface area contributed by atoms with Gasteiger partial charge in [0.15, 0.2) is 11.0 Å². The Bertz CT molecular complexity index is 711. The molecule has 8 nitrogen and oxygen atoms in total. The molecule has 0 fully saturated rings. The summed E-state index contributed by atoms with van der Waals surface area (Å²) < 4.78 is 14.6. The van der Waals surface area contributed by atoms with Crippen LogP contribution < -0.4 is 16.9 Å². The van der Waals surface area contributed by atoms with E-state index in [1.807, 2.05) is 0 Å². The van der Waals surface area contributed by atoms with Crippen molar-refractivity contribution in [3.8, 4) is 0 Å². The van der Waals surface area contributed by atoms with E-state index >= 15 is 0 Å². The fraction of sp³-hybridized carbons (Fsp3) is 0.125. The number of H-pyrrole nitrogens is 1. The van der Waals surface area contributed by atoms with E-state index in [9.17, 15) is 14.0 Å². The topological polar surface area (TPSA) is 120 Å². The van der Waals surface area contributed by atoms with Gasteiger partial charge in [0.05, 0.1) is 6.20 Å². The van der Waals surface area contributed by atoms with Crippen LogP contribution in [-0.2, 0) is 7.05 Å². The Morgan fingerprint density at radius 1 is 1.44 bits per heavy atom. The average molecular weight is 270 g/mol. The SMILES string of the molecule is Cn1[nH]c(=O)c(=O)nc1Sc1nc(N)ncc1F. The Hall–Kier alpha value is -2.23. The van der Waals surface area contributed by atoms with Gasteiger partial charge in [-0.1, -0.05) is 0 Å². The Labute approximate surface area is 103 Å². The van der Waals surface area contributed by atoms with Gasteiger partial charge in [-0.05, 0) is 11.8 Å². The molecule has 0 bridgehead atoms. The fourth-order valence-electron chi connectivity index (χ4n) is 1.07. The van der Waals surface area contributed by atoms with Crippen molar-refractivity contribution in [3.05, 3.63) is 32.7 Å². The number of aromatic nitrogens is 5. The monoisotopic (exact) mass is 270 g/mol. The van der Waals surface area contributed by atoms with E-state index in [4.69, 9.17) is 5.73 Å². The minimum absolute atomic E-state index is 0.0802. The highest BCUT2D eigenvalue weighted by atomic mass is 32.2. The largest absolute Gasteiger partial charge is 0.368 e. The number of nitrogen functional groups attached to an aromatic ring is 1. The third-order valence-electron chi connectivity index (χ3n) is 1.87. The van der Waals surface area contributed by atoms with E-state index in [1.54, 1.807) is 0 Å². The highest BCUT2D eigenvalue weighted by molar-refractivity contribution is 7.99. The van der Waals surface area contributed by atoms with Crippen molar-refractivity contribution in [3.63, 3.8) is 0 Å². The molecule has 0 aliphatic carbocycles. The summed E-state index contributed by atoms with van der Waals surface area (Å²) in [5.41, 5.74) is 3.51. The van der Waals surface area contributed by atoms with Crippen LogP contribution in [-0.4, -0.2) is 24.7 Å². The first-order valence-electron chi connectivity index (χ1n) is 4.60. The van der Waals surface area contributed by atoms with Crippen LogP contribution in [0, 0.1) is 5.82 Å². The van der Waals surface area contributed by atoms with Crippen LogP contribution in [0.4, 0.5) is 10.3 Å². The summed E-state index contributed by atoms with van der Waals surface area (Å²) in [4.78, 5) is 32.7. The first kappa shape index (κ1) is 12.2. The molecule has 2 rings (SSSR count). The zero-order valence-corrected chi connectivity index (χ0v) is 9.86. The van der Waals surface area contributed by atoms with E-state index < -0.39 is 16.9 Å². The average Bonchev–Trinajstić information content (AvgIpc) is 2.30. The second-order valence-electron chi connectivity index (χ2n) is 3.18. The van der Waals surface area contributed by atoms with Gasteiger partial charge in [0, 0.05) is 7.05 Å². The number of aryl methyl sites for hydroxylation is 1. The normalized spacial score (nSPS) is 10.6. The highest BCUT2D eigenvalue weighted by Gasteiger charge is 2.12. The summed E-state index contributed by atoms with van der Waals surface area (Å²) in [6, 6.07) is 0. The quantitative estimate of drug-likeness (QED) is 0.537. The predicted octanol–water partition coefficient (Wildman–Crippen LogP) is -0.869. The smallest absolute Gasteiger partial charge is 0.339 e. The summed E-state index contributed by atoms with van der Waals surface area (Å²) in [6.07, 6.45) is 0.911. The van der Waals surface area contributed by atoms with Gasteiger partial charge in [-0.3, -0.25) is 19.4 Å². The number of halogens is 1. The maximum absolute atomic E-state index is 13.4. The third-order valence-corrected chi connectivity index (χ3v) is 2.89. The molecule has 94 valence electrons. The number of hydrogen-bond donors (Lipinski definition) is 2. The number of aromatic amines is 1. The van der Waals surface area contributed by atoms with Gasteiger partial charge in [0.1, 0.15) is 5.03 Å². The maximum Gasteiger partial charge on any atom is 0.339 e. The lowest BCUT2D eigenvalue weighted by Crippen LogP contribution is -2.33. The van der Waals surface area contributed by atoms with Gasteiger partial charge < -0.3 is 5.73 Å². The number of nitrogens with zero attached hydrogens (tertiary/aromatic N) is 4. The van der Waals surface area contributed by atoms with Crippen molar-refractivity contribution in [1.82, 2.24) is 24.7 Å². The molecule has 0 aliphatic rings. The van der Waals surface area contributed by atoms with Gasteiger partial charge in [-0.15, -0.1) is 0 Å². The highest BCUT2D eigenvalue weighted by Crippen LogP contribution is 2.24.